The first-order valence-corrected chi connectivity index (χ1v) is 6.29. The predicted octanol–water partition coefficient (Wildman–Crippen LogP) is 4.53. The van der Waals surface area contributed by atoms with Crippen molar-refractivity contribution in [1.82, 2.24) is 0 Å². The van der Waals surface area contributed by atoms with E-state index >= 15 is 0 Å². The van der Waals surface area contributed by atoms with Crippen molar-refractivity contribution >= 4 is 29.0 Å². The summed E-state index contributed by atoms with van der Waals surface area (Å²) in [5, 5.41) is 0.610. The average molecular weight is 317 g/mol. The van der Waals surface area contributed by atoms with Crippen LogP contribution in [0.1, 0.15) is 10.4 Å². The van der Waals surface area contributed by atoms with Crippen LogP contribution in [0.2, 0.25) is 10.0 Å². The fourth-order valence-electron chi connectivity index (χ4n) is 1.50. The minimum absolute atomic E-state index is 0.0513. The maximum atomic E-state index is 13.0. The van der Waals surface area contributed by atoms with Gasteiger partial charge in [0.15, 0.2) is 18.2 Å². The molecule has 2 rings (SSSR count). The molecule has 0 saturated heterocycles. The third-order valence-electron chi connectivity index (χ3n) is 2.49. The molecule has 0 saturated carbocycles. The Kier molecular flexibility index (Phi) is 4.57. The van der Waals surface area contributed by atoms with Crippen LogP contribution in [0.4, 0.5) is 8.78 Å². The molecule has 0 aromatic heterocycles. The molecule has 6 heteroatoms. The Balaban J connectivity index is 2.08. The maximum Gasteiger partial charge on any atom is 0.201 e. The summed E-state index contributed by atoms with van der Waals surface area (Å²) in [5.74, 6) is -2.39. The van der Waals surface area contributed by atoms with Gasteiger partial charge in [0, 0.05) is 16.7 Å². The van der Waals surface area contributed by atoms with Crippen molar-refractivity contribution in [3.05, 3.63) is 63.6 Å². The largest absolute Gasteiger partial charge is 0.485 e. The molecule has 0 amide bonds. The van der Waals surface area contributed by atoms with Gasteiger partial charge >= 0.3 is 0 Å². The lowest BCUT2D eigenvalue weighted by molar-refractivity contribution is 0.0921. The second-order valence-electron chi connectivity index (χ2n) is 3.91. The summed E-state index contributed by atoms with van der Waals surface area (Å²) in [5.41, 5.74) is 0.210. The van der Waals surface area contributed by atoms with Crippen LogP contribution in [0.5, 0.6) is 5.75 Å². The van der Waals surface area contributed by atoms with Crippen LogP contribution in [0.15, 0.2) is 36.4 Å². The van der Waals surface area contributed by atoms with Crippen LogP contribution in [-0.2, 0) is 0 Å². The molecule has 104 valence electrons. The zero-order valence-electron chi connectivity index (χ0n) is 10.00. The minimum Gasteiger partial charge on any atom is -0.485 e. The van der Waals surface area contributed by atoms with Crippen molar-refractivity contribution < 1.29 is 18.3 Å². The molecule has 20 heavy (non-hydrogen) atoms. The molecule has 0 unspecified atom stereocenters. The quantitative estimate of drug-likeness (QED) is 0.774. The monoisotopic (exact) mass is 316 g/mol. The Morgan fingerprint density at radius 1 is 1.05 bits per heavy atom. The Bertz CT molecular complexity index is 660. The smallest absolute Gasteiger partial charge is 0.201 e. The SMILES string of the molecule is O=C(COc1ccc(F)c(F)c1)c1cc(Cl)ccc1Cl. The highest BCUT2D eigenvalue weighted by atomic mass is 35.5. The Labute approximate surface area is 123 Å². The van der Waals surface area contributed by atoms with Crippen molar-refractivity contribution in [2.45, 2.75) is 0 Å². The van der Waals surface area contributed by atoms with Crippen molar-refractivity contribution in [3.8, 4) is 5.75 Å². The lowest BCUT2D eigenvalue weighted by Crippen LogP contribution is -2.12. The van der Waals surface area contributed by atoms with Crippen LogP contribution in [0, 0.1) is 11.6 Å². The summed E-state index contributed by atoms with van der Waals surface area (Å²) >= 11 is 11.6. The highest BCUT2D eigenvalue weighted by molar-refractivity contribution is 6.35. The van der Waals surface area contributed by atoms with E-state index in [2.05, 4.69) is 0 Å². The summed E-state index contributed by atoms with van der Waals surface area (Å²) in [6.45, 7) is -0.356. The Morgan fingerprint density at radius 3 is 2.50 bits per heavy atom. The molecule has 0 aliphatic carbocycles. The van der Waals surface area contributed by atoms with E-state index in [-0.39, 0.29) is 22.9 Å². The van der Waals surface area contributed by atoms with Gasteiger partial charge in [-0.2, -0.15) is 0 Å². The van der Waals surface area contributed by atoms with E-state index in [1.165, 1.54) is 18.2 Å². The second kappa shape index (κ2) is 6.20. The summed E-state index contributed by atoms with van der Waals surface area (Å²) in [4.78, 5) is 11.9. The van der Waals surface area contributed by atoms with E-state index in [4.69, 9.17) is 27.9 Å². The molecule has 0 fully saturated rings. The molecule has 2 nitrogen and oxygen atoms in total. The molecule has 0 bridgehead atoms. The van der Waals surface area contributed by atoms with Crippen LogP contribution in [-0.4, -0.2) is 12.4 Å². The zero-order chi connectivity index (χ0) is 14.7. The number of carbonyl (C=O) groups excluding carboxylic acids is 1. The van der Waals surface area contributed by atoms with Crippen LogP contribution < -0.4 is 4.74 Å². The molecule has 0 spiro atoms. The highest BCUT2D eigenvalue weighted by Gasteiger charge is 2.12. The van der Waals surface area contributed by atoms with Gasteiger partial charge in [0.05, 0.1) is 5.02 Å². The van der Waals surface area contributed by atoms with Gasteiger partial charge in [0.1, 0.15) is 5.75 Å². The standard InChI is InChI=1S/C14H8Cl2F2O2/c15-8-1-3-11(16)10(5-8)14(19)7-20-9-2-4-12(17)13(18)6-9/h1-6H,7H2. The number of hydrogen-bond acceptors (Lipinski definition) is 2. The first-order chi connectivity index (χ1) is 9.47. The first-order valence-electron chi connectivity index (χ1n) is 5.53. The minimum atomic E-state index is -1.05. The molecule has 2 aromatic rings. The number of ketones is 1. The number of carbonyl (C=O) groups is 1. The van der Waals surface area contributed by atoms with Crippen LogP contribution in [0.25, 0.3) is 0 Å². The highest BCUT2D eigenvalue weighted by Crippen LogP contribution is 2.22. The fourth-order valence-corrected chi connectivity index (χ4v) is 1.90. The Morgan fingerprint density at radius 2 is 1.80 bits per heavy atom. The van der Waals surface area contributed by atoms with E-state index in [1.807, 2.05) is 0 Å². The van der Waals surface area contributed by atoms with Gasteiger partial charge in [-0.15, -0.1) is 0 Å². The van der Waals surface area contributed by atoms with E-state index < -0.39 is 17.4 Å². The molecule has 0 heterocycles. The summed E-state index contributed by atoms with van der Waals surface area (Å²) < 4.78 is 30.8. The number of ether oxygens (including phenoxy) is 1. The number of halogens is 4. The summed E-state index contributed by atoms with van der Waals surface area (Å²) in [7, 11) is 0. The molecule has 2 aromatic carbocycles. The van der Waals surface area contributed by atoms with Crippen molar-refractivity contribution in [2.24, 2.45) is 0 Å². The third-order valence-corrected chi connectivity index (χ3v) is 3.05. The number of Topliss-reactive ketones (excluding diaryl/α,β-unsaturated/α-hetero) is 1. The molecule has 0 N–H and O–H groups in total. The Hall–Kier alpha value is -1.65. The van der Waals surface area contributed by atoms with Gasteiger partial charge in [-0.1, -0.05) is 23.2 Å². The van der Waals surface area contributed by atoms with Gasteiger partial charge in [-0.25, -0.2) is 8.78 Å². The number of benzene rings is 2. The van der Waals surface area contributed by atoms with Crippen molar-refractivity contribution in [3.63, 3.8) is 0 Å². The van der Waals surface area contributed by atoms with E-state index in [1.54, 1.807) is 6.07 Å². The first kappa shape index (κ1) is 14.8. The second-order valence-corrected chi connectivity index (χ2v) is 4.76. The number of hydrogen-bond donors (Lipinski definition) is 0. The van der Waals surface area contributed by atoms with E-state index in [0.29, 0.717) is 5.02 Å². The van der Waals surface area contributed by atoms with Crippen LogP contribution >= 0.6 is 23.2 Å². The summed E-state index contributed by atoms with van der Waals surface area (Å²) in [6, 6.07) is 7.47. The van der Waals surface area contributed by atoms with Crippen molar-refractivity contribution in [2.75, 3.05) is 6.61 Å². The molecule has 0 radical (unpaired) electrons. The van der Waals surface area contributed by atoms with Crippen molar-refractivity contribution in [1.29, 1.82) is 0 Å². The maximum absolute atomic E-state index is 13.0. The fraction of sp³-hybridized carbons (Fsp3) is 0.0714. The normalized spacial score (nSPS) is 10.4. The zero-order valence-corrected chi connectivity index (χ0v) is 11.5. The number of rotatable bonds is 4. The third kappa shape index (κ3) is 3.46. The lowest BCUT2D eigenvalue weighted by Gasteiger charge is -2.07. The predicted molar refractivity (Wildman–Crippen MR) is 72.6 cm³/mol. The molecular formula is C14H8Cl2F2O2. The van der Waals surface area contributed by atoms with Gasteiger partial charge < -0.3 is 4.74 Å². The lowest BCUT2D eigenvalue weighted by atomic mass is 10.1. The molecule has 0 aliphatic rings. The van der Waals surface area contributed by atoms with Gasteiger partial charge in [-0.3, -0.25) is 4.79 Å². The molecule has 0 aliphatic heterocycles. The molecule has 0 atom stereocenters. The topological polar surface area (TPSA) is 26.3 Å². The average Bonchev–Trinajstić information content (AvgIpc) is 2.42. The summed E-state index contributed by atoms with van der Waals surface area (Å²) in [6.07, 6.45) is 0. The van der Waals surface area contributed by atoms with E-state index in [9.17, 15) is 13.6 Å². The van der Waals surface area contributed by atoms with E-state index in [0.717, 1.165) is 12.1 Å². The van der Waals surface area contributed by atoms with Gasteiger partial charge in [0.25, 0.3) is 0 Å². The van der Waals surface area contributed by atoms with Crippen LogP contribution in [0.3, 0.4) is 0 Å². The van der Waals surface area contributed by atoms with Gasteiger partial charge in [-0.05, 0) is 30.3 Å². The molecular weight excluding hydrogens is 309 g/mol. The van der Waals surface area contributed by atoms with Gasteiger partial charge in [0.2, 0.25) is 5.78 Å².